The lowest BCUT2D eigenvalue weighted by Gasteiger charge is -2.03. The van der Waals surface area contributed by atoms with Gasteiger partial charge in [-0.25, -0.2) is 10.2 Å². The number of hydrazone groups is 1. The van der Waals surface area contributed by atoms with Crippen molar-refractivity contribution < 1.29 is 4.92 Å². The molecule has 11 nitrogen and oxygen atoms in total. The van der Waals surface area contributed by atoms with E-state index in [0.29, 0.717) is 5.56 Å². The van der Waals surface area contributed by atoms with E-state index in [-0.39, 0.29) is 22.8 Å². The lowest BCUT2D eigenvalue weighted by molar-refractivity contribution is -0.384. The van der Waals surface area contributed by atoms with Crippen LogP contribution < -0.4 is 16.7 Å². The number of nitrogens with one attached hydrogen (secondary N) is 1. The number of hydrogen-bond donors (Lipinski definition) is 1. The molecule has 0 spiro atoms. The fourth-order valence-electron chi connectivity index (χ4n) is 2.50. The molecular weight excluding hydrogens is 342 g/mol. The van der Waals surface area contributed by atoms with E-state index in [9.17, 15) is 19.7 Å². The van der Waals surface area contributed by atoms with Crippen molar-refractivity contribution >= 4 is 29.0 Å². The van der Waals surface area contributed by atoms with Crippen LogP contribution in [-0.4, -0.2) is 29.8 Å². The maximum absolute atomic E-state index is 12.3. The molecule has 1 aromatic carbocycles. The number of nitro benzene ring substituents is 1. The second kappa shape index (κ2) is 6.27. The van der Waals surface area contributed by atoms with Gasteiger partial charge in [-0.2, -0.15) is 10.1 Å². The van der Waals surface area contributed by atoms with Crippen LogP contribution in [0.3, 0.4) is 0 Å². The molecule has 0 amide bonds. The fraction of sp³-hybridized carbons (Fsp3) is 0.200. The molecule has 26 heavy (non-hydrogen) atoms. The number of aromatic nitrogens is 4. The van der Waals surface area contributed by atoms with Crippen molar-refractivity contribution in [2.75, 3.05) is 5.43 Å². The highest BCUT2D eigenvalue weighted by Gasteiger charge is 2.16. The van der Waals surface area contributed by atoms with E-state index in [1.54, 1.807) is 19.2 Å². The number of aryl methyl sites for hydroxylation is 2. The summed E-state index contributed by atoms with van der Waals surface area (Å²) in [5.41, 5.74) is 2.70. The molecule has 0 bridgehead atoms. The van der Waals surface area contributed by atoms with Gasteiger partial charge in [-0.15, -0.1) is 0 Å². The summed E-state index contributed by atoms with van der Waals surface area (Å²) in [5.74, 6) is 0.250. The molecule has 134 valence electrons. The molecule has 3 rings (SSSR count). The van der Waals surface area contributed by atoms with Gasteiger partial charge in [0.05, 0.1) is 11.1 Å². The van der Waals surface area contributed by atoms with E-state index in [1.165, 1.54) is 41.6 Å². The second-order valence-corrected chi connectivity index (χ2v) is 5.59. The van der Waals surface area contributed by atoms with Crippen LogP contribution in [0.5, 0.6) is 0 Å². The largest absolute Gasteiger partial charge is 0.332 e. The zero-order valence-electron chi connectivity index (χ0n) is 14.2. The van der Waals surface area contributed by atoms with Gasteiger partial charge in [0, 0.05) is 38.8 Å². The molecule has 0 aliphatic rings. The molecule has 0 aliphatic heterocycles. The lowest BCUT2D eigenvalue weighted by Crippen LogP contribution is -2.37. The Morgan fingerprint density at radius 1 is 1.19 bits per heavy atom. The molecule has 3 aromatic rings. The Balaban J connectivity index is 1.96. The highest BCUT2D eigenvalue weighted by atomic mass is 16.6. The van der Waals surface area contributed by atoms with E-state index in [4.69, 9.17) is 0 Å². The maximum Gasteiger partial charge on any atom is 0.332 e. The number of non-ortho nitro benzene ring substituents is 1. The number of nitrogens with zero attached hydrogens (tertiary/aromatic N) is 6. The summed E-state index contributed by atoms with van der Waals surface area (Å²) in [4.78, 5) is 38.8. The molecule has 0 radical (unpaired) electrons. The minimum atomic E-state index is -0.494. The molecule has 0 aliphatic carbocycles. The number of anilines is 1. The average molecular weight is 357 g/mol. The van der Waals surface area contributed by atoms with Crippen molar-refractivity contribution in [1.29, 1.82) is 0 Å². The molecule has 0 unspecified atom stereocenters. The lowest BCUT2D eigenvalue weighted by atomic mass is 10.2. The van der Waals surface area contributed by atoms with Crippen molar-refractivity contribution in [2.24, 2.45) is 26.2 Å². The summed E-state index contributed by atoms with van der Waals surface area (Å²) in [7, 11) is 4.53. The zero-order valence-corrected chi connectivity index (χ0v) is 14.2. The molecule has 11 heteroatoms. The predicted octanol–water partition coefficient (Wildman–Crippen LogP) is 0.325. The van der Waals surface area contributed by atoms with Gasteiger partial charge in [0.2, 0.25) is 5.95 Å². The summed E-state index contributed by atoms with van der Waals surface area (Å²) in [6.07, 6.45) is 1.39. The van der Waals surface area contributed by atoms with Gasteiger partial charge >= 0.3 is 5.69 Å². The molecule has 1 N–H and O–H groups in total. The topological polar surface area (TPSA) is 129 Å². The van der Waals surface area contributed by atoms with Crippen molar-refractivity contribution in [1.82, 2.24) is 18.7 Å². The van der Waals surface area contributed by atoms with Crippen molar-refractivity contribution in [2.45, 2.75) is 0 Å². The number of rotatable bonds is 4. The highest BCUT2D eigenvalue weighted by Crippen LogP contribution is 2.14. The van der Waals surface area contributed by atoms with E-state index in [0.717, 1.165) is 4.57 Å². The summed E-state index contributed by atoms with van der Waals surface area (Å²) in [6.45, 7) is 0. The molecular formula is C15H15N7O4. The fourth-order valence-corrected chi connectivity index (χ4v) is 2.50. The Bertz CT molecular complexity index is 1170. The Kier molecular flexibility index (Phi) is 4.12. The van der Waals surface area contributed by atoms with E-state index in [1.807, 2.05) is 0 Å². The Hall–Kier alpha value is -3.76. The Morgan fingerprint density at radius 3 is 2.62 bits per heavy atom. The first-order chi connectivity index (χ1) is 12.3. The first kappa shape index (κ1) is 17.1. The normalized spacial score (nSPS) is 11.3. The number of hydrogen-bond acceptors (Lipinski definition) is 7. The van der Waals surface area contributed by atoms with Crippen molar-refractivity contribution in [3.05, 3.63) is 60.8 Å². The van der Waals surface area contributed by atoms with Crippen LogP contribution in [0.2, 0.25) is 0 Å². The number of imidazole rings is 1. The standard InChI is InChI=1S/C15H15N7O4/c1-19-11-12(20(2)15(24)21(3)13(11)23)17-14(19)18-16-8-9-5-4-6-10(7-9)22(25)26/h4-8H,1-3H3,(H,17,18). The van der Waals surface area contributed by atoms with Gasteiger partial charge in [-0.05, 0) is 0 Å². The minimum Gasteiger partial charge on any atom is -0.306 e. The maximum atomic E-state index is 12.3. The summed E-state index contributed by atoms with van der Waals surface area (Å²) in [5, 5.41) is 14.8. The van der Waals surface area contributed by atoms with E-state index >= 15 is 0 Å². The molecule has 0 saturated heterocycles. The molecule has 2 aromatic heterocycles. The molecule has 0 saturated carbocycles. The summed E-state index contributed by atoms with van der Waals surface area (Å²) in [6, 6.07) is 5.96. The third-order valence-electron chi connectivity index (χ3n) is 3.93. The van der Waals surface area contributed by atoms with Gasteiger partial charge in [-0.1, -0.05) is 12.1 Å². The van der Waals surface area contributed by atoms with Crippen LogP contribution in [0.1, 0.15) is 5.56 Å². The average Bonchev–Trinajstić information content (AvgIpc) is 2.95. The second-order valence-electron chi connectivity index (χ2n) is 5.59. The summed E-state index contributed by atoms with van der Waals surface area (Å²) >= 11 is 0. The quantitative estimate of drug-likeness (QED) is 0.407. The van der Waals surface area contributed by atoms with Crippen molar-refractivity contribution in [3.63, 3.8) is 0 Å². The van der Waals surface area contributed by atoms with E-state index < -0.39 is 16.2 Å². The van der Waals surface area contributed by atoms with Gasteiger partial charge in [-0.3, -0.25) is 24.0 Å². The number of benzene rings is 1. The van der Waals surface area contributed by atoms with Crippen LogP contribution in [0.25, 0.3) is 11.2 Å². The predicted molar refractivity (Wildman–Crippen MR) is 95.5 cm³/mol. The van der Waals surface area contributed by atoms with E-state index in [2.05, 4.69) is 15.5 Å². The van der Waals surface area contributed by atoms with Crippen LogP contribution in [0, 0.1) is 10.1 Å². The first-order valence-corrected chi connectivity index (χ1v) is 7.47. The molecule has 2 heterocycles. The van der Waals surface area contributed by atoms with Crippen LogP contribution >= 0.6 is 0 Å². The van der Waals surface area contributed by atoms with Gasteiger partial charge in [0.1, 0.15) is 0 Å². The summed E-state index contributed by atoms with van der Waals surface area (Å²) < 4.78 is 3.76. The van der Waals surface area contributed by atoms with Crippen LogP contribution in [0.4, 0.5) is 11.6 Å². The van der Waals surface area contributed by atoms with Crippen LogP contribution in [-0.2, 0) is 21.1 Å². The molecule has 0 fully saturated rings. The number of nitro groups is 1. The van der Waals surface area contributed by atoms with Gasteiger partial charge in [0.15, 0.2) is 11.2 Å². The number of fused-ring (bicyclic) bond motifs is 1. The Morgan fingerprint density at radius 2 is 1.92 bits per heavy atom. The third kappa shape index (κ3) is 2.75. The van der Waals surface area contributed by atoms with Gasteiger partial charge < -0.3 is 4.57 Å². The van der Waals surface area contributed by atoms with Crippen molar-refractivity contribution in [3.8, 4) is 0 Å². The monoisotopic (exact) mass is 357 g/mol. The molecule has 0 atom stereocenters. The first-order valence-electron chi connectivity index (χ1n) is 7.47. The Labute approximate surface area is 146 Å². The third-order valence-corrected chi connectivity index (χ3v) is 3.93. The van der Waals surface area contributed by atoms with Crippen LogP contribution in [0.15, 0.2) is 39.0 Å². The minimum absolute atomic E-state index is 0.0461. The highest BCUT2D eigenvalue weighted by molar-refractivity contribution is 5.81. The SMILES string of the molecule is Cn1c(=O)c2c(nc(NN=Cc3cccc([N+](=O)[O-])c3)n2C)n(C)c1=O. The zero-order chi connectivity index (χ0) is 19.0. The smallest absolute Gasteiger partial charge is 0.306 e. The van der Waals surface area contributed by atoms with Gasteiger partial charge in [0.25, 0.3) is 11.2 Å².